The molecule has 0 fully saturated rings. The third kappa shape index (κ3) is 4.06. The van der Waals surface area contributed by atoms with Gasteiger partial charge in [0.25, 0.3) is 0 Å². The third-order valence-corrected chi connectivity index (χ3v) is 4.68. The topological polar surface area (TPSA) is 85.1 Å². The van der Waals surface area contributed by atoms with Crippen molar-refractivity contribution in [2.24, 2.45) is 0 Å². The van der Waals surface area contributed by atoms with Crippen molar-refractivity contribution in [2.75, 3.05) is 0 Å². The van der Waals surface area contributed by atoms with E-state index in [0.717, 1.165) is 5.56 Å². The van der Waals surface area contributed by atoms with Crippen molar-refractivity contribution in [3.05, 3.63) is 83.5 Å². The van der Waals surface area contributed by atoms with Gasteiger partial charge in [-0.25, -0.2) is 13.1 Å². The van der Waals surface area contributed by atoms with Gasteiger partial charge in [0, 0.05) is 12.3 Å². The van der Waals surface area contributed by atoms with Gasteiger partial charge in [0.15, 0.2) is 5.76 Å². The molecule has 1 aromatic carbocycles. The van der Waals surface area contributed by atoms with Crippen LogP contribution in [0.25, 0.3) is 0 Å². The largest absolute Gasteiger partial charge is 0.360 e. The molecule has 0 radical (unpaired) electrons. The van der Waals surface area contributed by atoms with Crippen LogP contribution in [-0.2, 0) is 15.8 Å². The highest BCUT2D eigenvalue weighted by atomic mass is 32.2. The molecule has 6 nitrogen and oxygen atoms in total. The van der Waals surface area contributed by atoms with E-state index in [1.54, 1.807) is 31.3 Å². The zero-order valence-corrected chi connectivity index (χ0v) is 13.9. The molecule has 3 rings (SSSR count). The fraction of sp³-hybridized carbons (Fsp3) is 0.176. The average molecular weight is 343 g/mol. The van der Waals surface area contributed by atoms with Gasteiger partial charge in [-0.3, -0.25) is 4.98 Å². The summed E-state index contributed by atoms with van der Waals surface area (Å²) in [5.74, 6) is 0.0251. The van der Waals surface area contributed by atoms with Gasteiger partial charge in [-0.1, -0.05) is 41.6 Å². The predicted molar refractivity (Wildman–Crippen MR) is 89.5 cm³/mol. The van der Waals surface area contributed by atoms with E-state index in [1.165, 1.54) is 0 Å². The van der Waals surface area contributed by atoms with Crippen molar-refractivity contribution in [1.29, 1.82) is 0 Å². The Kier molecular flexibility index (Phi) is 4.73. The zero-order valence-electron chi connectivity index (χ0n) is 13.1. The van der Waals surface area contributed by atoms with E-state index in [2.05, 4.69) is 14.9 Å². The van der Waals surface area contributed by atoms with E-state index < -0.39 is 16.1 Å². The van der Waals surface area contributed by atoms with Crippen LogP contribution >= 0.6 is 0 Å². The molecular weight excluding hydrogens is 326 g/mol. The van der Waals surface area contributed by atoms with E-state index >= 15 is 0 Å². The zero-order chi connectivity index (χ0) is 17.0. The maximum atomic E-state index is 12.5. The number of nitrogens with zero attached hydrogens (tertiary/aromatic N) is 2. The van der Waals surface area contributed by atoms with Crippen LogP contribution in [0.4, 0.5) is 0 Å². The quantitative estimate of drug-likeness (QED) is 0.743. The minimum atomic E-state index is -3.64. The maximum Gasteiger partial charge on any atom is 0.219 e. The number of aryl methyl sites for hydroxylation is 1. The van der Waals surface area contributed by atoms with E-state index in [1.807, 2.05) is 36.4 Å². The summed E-state index contributed by atoms with van der Waals surface area (Å²) in [6.45, 7) is 1.74. The minimum absolute atomic E-state index is 0.274. The summed E-state index contributed by atoms with van der Waals surface area (Å²) < 4.78 is 32.8. The van der Waals surface area contributed by atoms with E-state index in [0.29, 0.717) is 17.1 Å². The summed E-state index contributed by atoms with van der Waals surface area (Å²) in [7, 11) is -3.64. The molecule has 24 heavy (non-hydrogen) atoms. The van der Waals surface area contributed by atoms with Crippen molar-refractivity contribution in [3.8, 4) is 0 Å². The number of nitrogens with one attached hydrogen (secondary N) is 1. The van der Waals surface area contributed by atoms with Gasteiger partial charge in [-0.15, -0.1) is 0 Å². The summed E-state index contributed by atoms with van der Waals surface area (Å²) in [6.07, 6.45) is 1.64. The van der Waals surface area contributed by atoms with Crippen LogP contribution in [0, 0.1) is 6.92 Å². The lowest BCUT2D eigenvalue weighted by Gasteiger charge is -2.18. The first-order chi connectivity index (χ1) is 11.5. The molecule has 0 aliphatic carbocycles. The Morgan fingerprint density at radius 2 is 1.88 bits per heavy atom. The lowest BCUT2D eigenvalue weighted by molar-refractivity contribution is 0.388. The summed E-state index contributed by atoms with van der Waals surface area (Å²) in [6, 6.07) is 15.8. The summed E-state index contributed by atoms with van der Waals surface area (Å²) in [5.41, 5.74) is 2.08. The van der Waals surface area contributed by atoms with Gasteiger partial charge >= 0.3 is 0 Å². The molecule has 2 aromatic heterocycles. The van der Waals surface area contributed by atoms with Crippen molar-refractivity contribution in [2.45, 2.75) is 18.7 Å². The first-order valence-electron chi connectivity index (χ1n) is 7.41. The molecule has 0 saturated carbocycles. The Labute approximate surface area is 140 Å². The molecular formula is C17H17N3O3S. The standard InChI is InChI=1S/C17H17N3O3S/c1-13-11-15(23-19-13)12-24(21,22)20-17(14-7-3-2-4-8-14)16-9-5-6-10-18-16/h2-11,17,20H,12H2,1H3/t17-/m1/s1. The molecule has 1 atom stereocenters. The highest BCUT2D eigenvalue weighted by Gasteiger charge is 2.23. The predicted octanol–water partition coefficient (Wildman–Crippen LogP) is 2.59. The molecule has 3 aromatic rings. The Balaban J connectivity index is 1.89. The molecule has 124 valence electrons. The number of hydrogen-bond acceptors (Lipinski definition) is 5. The maximum absolute atomic E-state index is 12.5. The highest BCUT2D eigenvalue weighted by molar-refractivity contribution is 7.88. The number of hydrogen-bond donors (Lipinski definition) is 1. The fourth-order valence-corrected chi connectivity index (χ4v) is 3.59. The second-order valence-electron chi connectivity index (χ2n) is 5.41. The Bertz CT molecular complexity index is 854. The summed E-state index contributed by atoms with van der Waals surface area (Å²) >= 11 is 0. The molecule has 0 saturated heterocycles. The number of sulfonamides is 1. The van der Waals surface area contributed by atoms with Crippen molar-refractivity contribution in [3.63, 3.8) is 0 Å². The first kappa shape index (κ1) is 16.4. The van der Waals surface area contributed by atoms with E-state index in [4.69, 9.17) is 4.52 Å². The van der Waals surface area contributed by atoms with Crippen molar-refractivity contribution >= 4 is 10.0 Å². The summed E-state index contributed by atoms with van der Waals surface area (Å²) in [4.78, 5) is 4.29. The van der Waals surface area contributed by atoms with Crippen LogP contribution in [0.3, 0.4) is 0 Å². The molecule has 0 amide bonds. The van der Waals surface area contributed by atoms with Crippen molar-refractivity contribution < 1.29 is 12.9 Å². The van der Waals surface area contributed by atoms with Gasteiger partial charge < -0.3 is 4.52 Å². The van der Waals surface area contributed by atoms with Gasteiger partial charge in [0.1, 0.15) is 5.75 Å². The molecule has 0 bridgehead atoms. The van der Waals surface area contributed by atoms with Gasteiger partial charge in [-0.05, 0) is 24.6 Å². The fourth-order valence-electron chi connectivity index (χ4n) is 2.38. The number of benzene rings is 1. The molecule has 7 heteroatoms. The molecule has 1 N–H and O–H groups in total. The van der Waals surface area contributed by atoms with Crippen LogP contribution in [0.5, 0.6) is 0 Å². The normalized spacial score (nSPS) is 12.9. The van der Waals surface area contributed by atoms with Crippen LogP contribution in [0.1, 0.15) is 28.8 Å². The average Bonchev–Trinajstić information content (AvgIpc) is 2.98. The van der Waals surface area contributed by atoms with E-state index in [9.17, 15) is 8.42 Å². The Morgan fingerprint density at radius 3 is 2.50 bits per heavy atom. The highest BCUT2D eigenvalue weighted by Crippen LogP contribution is 2.22. The minimum Gasteiger partial charge on any atom is -0.360 e. The smallest absolute Gasteiger partial charge is 0.219 e. The van der Waals surface area contributed by atoms with Crippen LogP contribution in [0.2, 0.25) is 0 Å². The van der Waals surface area contributed by atoms with Crippen molar-refractivity contribution in [1.82, 2.24) is 14.9 Å². The lowest BCUT2D eigenvalue weighted by atomic mass is 10.0. The SMILES string of the molecule is Cc1cc(CS(=O)(=O)N[C@H](c2ccccc2)c2ccccn2)on1. The Morgan fingerprint density at radius 1 is 1.12 bits per heavy atom. The third-order valence-electron chi connectivity index (χ3n) is 3.42. The van der Waals surface area contributed by atoms with Gasteiger partial charge in [0.05, 0.1) is 17.4 Å². The number of pyridine rings is 1. The number of rotatable bonds is 6. The first-order valence-corrected chi connectivity index (χ1v) is 9.07. The Hall–Kier alpha value is -2.51. The van der Waals surface area contributed by atoms with Gasteiger partial charge in [0.2, 0.25) is 10.0 Å². The van der Waals surface area contributed by atoms with Crippen LogP contribution in [0.15, 0.2) is 65.3 Å². The summed E-state index contributed by atoms with van der Waals surface area (Å²) in [5, 5.41) is 3.72. The number of aromatic nitrogens is 2. The van der Waals surface area contributed by atoms with E-state index in [-0.39, 0.29) is 5.75 Å². The van der Waals surface area contributed by atoms with Crippen LogP contribution in [-0.4, -0.2) is 18.6 Å². The monoisotopic (exact) mass is 343 g/mol. The molecule has 0 aliphatic heterocycles. The molecule has 2 heterocycles. The molecule has 0 aliphatic rings. The molecule has 0 spiro atoms. The van der Waals surface area contributed by atoms with Gasteiger partial charge in [-0.2, -0.15) is 0 Å². The lowest BCUT2D eigenvalue weighted by Crippen LogP contribution is -2.31. The van der Waals surface area contributed by atoms with Crippen LogP contribution < -0.4 is 4.72 Å². The molecule has 0 unspecified atom stereocenters. The second-order valence-corrected chi connectivity index (χ2v) is 7.16. The second kappa shape index (κ2) is 6.94.